The number of primary amides is 1. The van der Waals surface area contributed by atoms with Crippen LogP contribution >= 0.6 is 11.8 Å². The fourth-order valence-electron chi connectivity index (χ4n) is 2.60. The molecule has 3 N–H and O–H groups in total. The summed E-state index contributed by atoms with van der Waals surface area (Å²) in [6.07, 6.45) is 7.32. The van der Waals surface area contributed by atoms with Crippen LogP contribution in [-0.2, 0) is 6.54 Å². The van der Waals surface area contributed by atoms with E-state index < -0.39 is 0 Å². The van der Waals surface area contributed by atoms with Crippen molar-refractivity contribution in [2.45, 2.75) is 43.5 Å². The van der Waals surface area contributed by atoms with E-state index in [4.69, 9.17) is 5.73 Å². The van der Waals surface area contributed by atoms with Gasteiger partial charge in [0.05, 0.1) is 0 Å². The smallest absolute Gasteiger partial charge is 0.248 e. The number of hydrogen-bond acceptors (Lipinski definition) is 3. The first kappa shape index (κ1) is 14.4. The first-order valence-corrected chi connectivity index (χ1v) is 8.12. The minimum absolute atomic E-state index is 0.359. The van der Waals surface area contributed by atoms with E-state index in [9.17, 15) is 4.79 Å². The SMILES string of the molecule is CSC1CCC(NCc2cccc(C(N)=O)c2)CC1. The van der Waals surface area contributed by atoms with Crippen LogP contribution in [0.5, 0.6) is 0 Å². The van der Waals surface area contributed by atoms with E-state index in [1.165, 1.54) is 25.7 Å². The average molecular weight is 278 g/mol. The standard InChI is InChI=1S/C15H22N2OS/c1-19-14-7-5-13(6-8-14)17-10-11-3-2-4-12(9-11)15(16)18/h2-4,9,13-14,17H,5-8,10H2,1H3,(H2,16,18). The summed E-state index contributed by atoms with van der Waals surface area (Å²) in [6, 6.07) is 8.17. The number of rotatable bonds is 5. The lowest BCUT2D eigenvalue weighted by Crippen LogP contribution is -2.33. The van der Waals surface area contributed by atoms with E-state index in [1.54, 1.807) is 6.07 Å². The largest absolute Gasteiger partial charge is 0.366 e. The monoisotopic (exact) mass is 278 g/mol. The van der Waals surface area contributed by atoms with Gasteiger partial charge in [0.2, 0.25) is 5.91 Å². The van der Waals surface area contributed by atoms with Gasteiger partial charge in [0.1, 0.15) is 0 Å². The molecule has 0 heterocycles. The van der Waals surface area contributed by atoms with Crippen molar-refractivity contribution in [1.82, 2.24) is 5.32 Å². The number of carbonyl (C=O) groups excluding carboxylic acids is 1. The molecule has 19 heavy (non-hydrogen) atoms. The van der Waals surface area contributed by atoms with Crippen LogP contribution in [0.2, 0.25) is 0 Å². The van der Waals surface area contributed by atoms with Crippen LogP contribution in [0.3, 0.4) is 0 Å². The Balaban J connectivity index is 1.82. The Kier molecular flexibility index (Phi) is 5.28. The van der Waals surface area contributed by atoms with Gasteiger partial charge in [-0.1, -0.05) is 12.1 Å². The van der Waals surface area contributed by atoms with Gasteiger partial charge in [0.25, 0.3) is 0 Å². The van der Waals surface area contributed by atoms with Crippen LogP contribution in [0.4, 0.5) is 0 Å². The van der Waals surface area contributed by atoms with Crippen molar-refractivity contribution in [3.63, 3.8) is 0 Å². The van der Waals surface area contributed by atoms with E-state index in [1.807, 2.05) is 30.0 Å². The van der Waals surface area contributed by atoms with Crippen molar-refractivity contribution < 1.29 is 4.79 Å². The third kappa shape index (κ3) is 4.25. The van der Waals surface area contributed by atoms with E-state index >= 15 is 0 Å². The summed E-state index contributed by atoms with van der Waals surface area (Å²) in [5.41, 5.74) is 7.01. The zero-order chi connectivity index (χ0) is 13.7. The third-order valence-electron chi connectivity index (χ3n) is 3.81. The van der Waals surface area contributed by atoms with Gasteiger partial charge < -0.3 is 11.1 Å². The highest BCUT2D eigenvalue weighted by Gasteiger charge is 2.19. The second kappa shape index (κ2) is 6.96. The van der Waals surface area contributed by atoms with Gasteiger partial charge in [-0.2, -0.15) is 11.8 Å². The quantitative estimate of drug-likeness (QED) is 0.870. The molecular weight excluding hydrogens is 256 g/mol. The Bertz CT molecular complexity index is 428. The molecule has 104 valence electrons. The lowest BCUT2D eigenvalue weighted by Gasteiger charge is -2.28. The normalized spacial score (nSPS) is 23.2. The van der Waals surface area contributed by atoms with E-state index in [0.717, 1.165) is 17.4 Å². The fraction of sp³-hybridized carbons (Fsp3) is 0.533. The summed E-state index contributed by atoms with van der Waals surface area (Å²) in [6.45, 7) is 0.815. The maximum Gasteiger partial charge on any atom is 0.248 e. The van der Waals surface area contributed by atoms with Crippen molar-refractivity contribution in [3.8, 4) is 0 Å². The van der Waals surface area contributed by atoms with Crippen LogP contribution < -0.4 is 11.1 Å². The van der Waals surface area contributed by atoms with Crippen LogP contribution in [0.15, 0.2) is 24.3 Å². The Morgan fingerprint density at radius 1 is 1.37 bits per heavy atom. The number of hydrogen-bond donors (Lipinski definition) is 2. The molecule has 1 aliphatic rings. The second-order valence-electron chi connectivity index (χ2n) is 5.15. The number of nitrogens with two attached hydrogens (primary N) is 1. The zero-order valence-electron chi connectivity index (χ0n) is 11.4. The maximum atomic E-state index is 11.1. The topological polar surface area (TPSA) is 55.1 Å². The van der Waals surface area contributed by atoms with Crippen molar-refractivity contribution in [3.05, 3.63) is 35.4 Å². The molecule has 1 amide bonds. The fourth-order valence-corrected chi connectivity index (χ4v) is 3.34. The first-order chi connectivity index (χ1) is 9.19. The highest BCUT2D eigenvalue weighted by Crippen LogP contribution is 2.26. The van der Waals surface area contributed by atoms with Gasteiger partial charge in [-0.05, 0) is 49.6 Å². The molecule has 0 aromatic heterocycles. The molecule has 0 bridgehead atoms. The maximum absolute atomic E-state index is 11.1. The molecule has 1 fully saturated rings. The zero-order valence-corrected chi connectivity index (χ0v) is 12.2. The molecule has 1 aromatic carbocycles. The highest BCUT2D eigenvalue weighted by atomic mass is 32.2. The number of nitrogens with one attached hydrogen (secondary N) is 1. The summed E-state index contributed by atoms with van der Waals surface area (Å²) in [5, 5.41) is 4.43. The van der Waals surface area contributed by atoms with Gasteiger partial charge in [0, 0.05) is 23.4 Å². The summed E-state index contributed by atoms with van der Waals surface area (Å²) in [5.74, 6) is -0.359. The van der Waals surface area contributed by atoms with Gasteiger partial charge >= 0.3 is 0 Å². The van der Waals surface area contributed by atoms with Crippen molar-refractivity contribution in [2.24, 2.45) is 5.73 Å². The molecule has 0 saturated heterocycles. The second-order valence-corrected chi connectivity index (χ2v) is 6.29. The van der Waals surface area contributed by atoms with Crippen LogP contribution in [0.1, 0.15) is 41.6 Å². The van der Waals surface area contributed by atoms with E-state index in [-0.39, 0.29) is 5.91 Å². The third-order valence-corrected chi connectivity index (χ3v) is 4.95. The van der Waals surface area contributed by atoms with Gasteiger partial charge in [-0.15, -0.1) is 0 Å². The first-order valence-electron chi connectivity index (χ1n) is 6.84. The Morgan fingerprint density at radius 3 is 2.74 bits per heavy atom. The lowest BCUT2D eigenvalue weighted by atomic mass is 9.95. The highest BCUT2D eigenvalue weighted by molar-refractivity contribution is 7.99. The number of thioether (sulfide) groups is 1. The minimum atomic E-state index is -0.359. The van der Waals surface area contributed by atoms with Crippen LogP contribution in [0.25, 0.3) is 0 Å². The molecule has 0 atom stereocenters. The molecule has 1 aromatic rings. The molecule has 0 radical (unpaired) electrons. The van der Waals surface area contributed by atoms with Crippen molar-refractivity contribution >= 4 is 17.7 Å². The lowest BCUT2D eigenvalue weighted by molar-refractivity contribution is 0.1000. The predicted octanol–water partition coefficient (Wildman–Crippen LogP) is 2.55. The Labute approximate surface area is 119 Å². The molecule has 0 aliphatic heterocycles. The van der Waals surface area contributed by atoms with Crippen molar-refractivity contribution in [1.29, 1.82) is 0 Å². The van der Waals surface area contributed by atoms with Gasteiger partial charge in [-0.25, -0.2) is 0 Å². The molecule has 0 spiro atoms. The number of amides is 1. The van der Waals surface area contributed by atoms with Gasteiger partial charge in [-0.3, -0.25) is 4.79 Å². The van der Waals surface area contributed by atoms with Crippen LogP contribution in [0, 0.1) is 0 Å². The molecule has 4 heteroatoms. The molecular formula is C15H22N2OS. The van der Waals surface area contributed by atoms with Crippen LogP contribution in [-0.4, -0.2) is 23.5 Å². The van der Waals surface area contributed by atoms with E-state index in [0.29, 0.717) is 11.6 Å². The molecule has 3 nitrogen and oxygen atoms in total. The summed E-state index contributed by atoms with van der Waals surface area (Å²) >= 11 is 1.99. The van der Waals surface area contributed by atoms with Gasteiger partial charge in [0.15, 0.2) is 0 Å². The average Bonchev–Trinajstić information content (AvgIpc) is 2.46. The van der Waals surface area contributed by atoms with Crippen molar-refractivity contribution in [2.75, 3.05) is 6.26 Å². The molecule has 2 rings (SSSR count). The minimum Gasteiger partial charge on any atom is -0.366 e. The molecule has 0 unspecified atom stereocenters. The Morgan fingerprint density at radius 2 is 2.11 bits per heavy atom. The summed E-state index contributed by atoms with van der Waals surface area (Å²) in [4.78, 5) is 11.1. The van der Waals surface area contributed by atoms with E-state index in [2.05, 4.69) is 11.6 Å². The number of benzene rings is 1. The molecule has 1 saturated carbocycles. The summed E-state index contributed by atoms with van der Waals surface area (Å²) < 4.78 is 0. The molecule has 1 aliphatic carbocycles. The predicted molar refractivity (Wildman–Crippen MR) is 81.4 cm³/mol. The Hall–Kier alpha value is -1.00. The summed E-state index contributed by atoms with van der Waals surface area (Å²) in [7, 11) is 0. The number of carbonyl (C=O) groups is 1.